The Morgan fingerprint density at radius 2 is 1.71 bits per heavy atom. The molecule has 3 amide bonds. The number of anilines is 1. The predicted molar refractivity (Wildman–Crippen MR) is 135 cm³/mol. The van der Waals surface area contributed by atoms with E-state index < -0.39 is 11.9 Å². The maximum absolute atomic E-state index is 13.7. The third-order valence-electron chi connectivity index (χ3n) is 6.37. The van der Waals surface area contributed by atoms with Crippen molar-refractivity contribution >= 4 is 23.4 Å². The van der Waals surface area contributed by atoms with E-state index in [1.807, 2.05) is 43.3 Å². The molecule has 6 nitrogen and oxygen atoms in total. The summed E-state index contributed by atoms with van der Waals surface area (Å²) in [6.07, 6.45) is -0.0632. The summed E-state index contributed by atoms with van der Waals surface area (Å²) in [4.78, 5) is 43.0. The lowest BCUT2D eigenvalue weighted by Crippen LogP contribution is -2.45. The lowest BCUT2D eigenvalue weighted by Gasteiger charge is -2.28. The van der Waals surface area contributed by atoms with Crippen molar-refractivity contribution in [1.82, 2.24) is 4.90 Å². The number of imide groups is 1. The standard InChI is InChI=1S/C29H30N2O4/c1-19(2)22-12-14-24(15-13-22)31-27(32)17-26(29(31)34)30(18-21-10-8-20(3)9-11-21)28(33)23-6-5-7-25(16-23)35-4/h5-16,19,26H,17-18H2,1-4H3. The van der Waals surface area contributed by atoms with Gasteiger partial charge in [-0.1, -0.05) is 61.9 Å². The van der Waals surface area contributed by atoms with Gasteiger partial charge in [0.25, 0.3) is 11.8 Å². The van der Waals surface area contributed by atoms with Crippen molar-refractivity contribution in [3.63, 3.8) is 0 Å². The van der Waals surface area contributed by atoms with Gasteiger partial charge in [-0.2, -0.15) is 0 Å². The minimum absolute atomic E-state index is 0.0632. The zero-order valence-electron chi connectivity index (χ0n) is 20.5. The van der Waals surface area contributed by atoms with E-state index in [0.717, 1.165) is 16.7 Å². The maximum atomic E-state index is 13.7. The number of methoxy groups -OCH3 is 1. The highest BCUT2D eigenvalue weighted by Crippen LogP contribution is 2.29. The van der Waals surface area contributed by atoms with E-state index >= 15 is 0 Å². The molecule has 0 spiro atoms. The summed E-state index contributed by atoms with van der Waals surface area (Å²) >= 11 is 0. The van der Waals surface area contributed by atoms with Crippen molar-refractivity contribution in [3.8, 4) is 5.75 Å². The molecule has 3 aromatic rings. The quantitative estimate of drug-likeness (QED) is 0.451. The van der Waals surface area contributed by atoms with Gasteiger partial charge in [-0.05, 0) is 54.3 Å². The number of benzene rings is 3. The van der Waals surface area contributed by atoms with Crippen molar-refractivity contribution in [3.05, 3.63) is 95.1 Å². The van der Waals surface area contributed by atoms with Gasteiger partial charge >= 0.3 is 0 Å². The first-order valence-corrected chi connectivity index (χ1v) is 11.8. The van der Waals surface area contributed by atoms with E-state index in [1.54, 1.807) is 36.4 Å². The molecule has 3 aromatic carbocycles. The smallest absolute Gasteiger partial charge is 0.257 e. The molecule has 1 aliphatic rings. The van der Waals surface area contributed by atoms with E-state index in [-0.39, 0.29) is 24.8 Å². The third kappa shape index (κ3) is 5.11. The molecule has 1 heterocycles. The second-order valence-electron chi connectivity index (χ2n) is 9.18. The van der Waals surface area contributed by atoms with Crippen molar-refractivity contribution in [2.24, 2.45) is 0 Å². The van der Waals surface area contributed by atoms with E-state index in [2.05, 4.69) is 13.8 Å². The fraction of sp³-hybridized carbons (Fsp3) is 0.276. The zero-order chi connectivity index (χ0) is 25.1. The van der Waals surface area contributed by atoms with Crippen molar-refractivity contribution in [1.29, 1.82) is 0 Å². The molecule has 0 N–H and O–H groups in total. The van der Waals surface area contributed by atoms with Crippen LogP contribution in [0.2, 0.25) is 0 Å². The molecule has 0 radical (unpaired) electrons. The van der Waals surface area contributed by atoms with Crippen molar-refractivity contribution in [2.45, 2.75) is 45.7 Å². The first-order valence-electron chi connectivity index (χ1n) is 11.8. The van der Waals surface area contributed by atoms with Gasteiger partial charge in [0.05, 0.1) is 19.2 Å². The summed E-state index contributed by atoms with van der Waals surface area (Å²) < 4.78 is 5.28. The van der Waals surface area contributed by atoms with Crippen LogP contribution in [0.15, 0.2) is 72.8 Å². The van der Waals surface area contributed by atoms with Gasteiger partial charge in [0, 0.05) is 12.1 Å². The Hall–Kier alpha value is -3.93. The SMILES string of the molecule is COc1cccc(C(=O)N(Cc2ccc(C)cc2)C2CC(=O)N(c3ccc(C(C)C)cc3)C2=O)c1. The summed E-state index contributed by atoms with van der Waals surface area (Å²) in [5.74, 6) is -0.146. The Balaban J connectivity index is 1.67. The summed E-state index contributed by atoms with van der Waals surface area (Å²) in [6, 6.07) is 21.2. The first kappa shape index (κ1) is 24.2. The zero-order valence-corrected chi connectivity index (χ0v) is 20.5. The van der Waals surface area contributed by atoms with Gasteiger partial charge in [-0.15, -0.1) is 0 Å². The number of amides is 3. The molecule has 0 bridgehead atoms. The molecular weight excluding hydrogens is 440 g/mol. The van der Waals surface area contributed by atoms with Crippen molar-refractivity contribution < 1.29 is 19.1 Å². The summed E-state index contributed by atoms with van der Waals surface area (Å²) in [7, 11) is 1.54. The van der Waals surface area contributed by atoms with Crippen LogP contribution in [-0.2, 0) is 16.1 Å². The number of rotatable bonds is 7. The molecule has 0 aliphatic carbocycles. The van der Waals surface area contributed by atoms with Crippen LogP contribution in [-0.4, -0.2) is 35.8 Å². The summed E-state index contributed by atoms with van der Waals surface area (Å²) in [5, 5.41) is 0. The lowest BCUT2D eigenvalue weighted by molar-refractivity contribution is -0.122. The Morgan fingerprint density at radius 3 is 2.34 bits per heavy atom. The monoisotopic (exact) mass is 470 g/mol. The molecular formula is C29H30N2O4. The van der Waals surface area contributed by atoms with Crippen LogP contribution in [0.25, 0.3) is 0 Å². The van der Waals surface area contributed by atoms with Crippen LogP contribution in [0, 0.1) is 6.92 Å². The molecule has 0 saturated carbocycles. The Kier molecular flexibility index (Phi) is 7.01. The second-order valence-corrected chi connectivity index (χ2v) is 9.18. The van der Waals surface area contributed by atoms with Gasteiger partial charge in [-0.3, -0.25) is 14.4 Å². The molecule has 0 aromatic heterocycles. The van der Waals surface area contributed by atoms with Crippen LogP contribution in [0.4, 0.5) is 5.69 Å². The van der Waals surface area contributed by atoms with Gasteiger partial charge < -0.3 is 9.64 Å². The van der Waals surface area contributed by atoms with Crippen LogP contribution in [0.3, 0.4) is 0 Å². The summed E-state index contributed by atoms with van der Waals surface area (Å²) in [6.45, 7) is 6.37. The Morgan fingerprint density at radius 1 is 1.03 bits per heavy atom. The second kappa shape index (κ2) is 10.1. The first-order chi connectivity index (χ1) is 16.8. The number of hydrogen-bond acceptors (Lipinski definition) is 4. The molecule has 1 atom stereocenters. The Labute approximate surface area is 206 Å². The van der Waals surface area contributed by atoms with E-state index in [9.17, 15) is 14.4 Å². The molecule has 1 aliphatic heterocycles. The fourth-order valence-corrected chi connectivity index (χ4v) is 4.27. The third-order valence-corrected chi connectivity index (χ3v) is 6.37. The van der Waals surface area contributed by atoms with Gasteiger partial charge in [0.2, 0.25) is 5.91 Å². The minimum atomic E-state index is -0.896. The number of aryl methyl sites for hydroxylation is 1. The van der Waals surface area contributed by atoms with E-state index in [4.69, 9.17) is 4.74 Å². The molecule has 1 saturated heterocycles. The average Bonchev–Trinajstić information content (AvgIpc) is 3.16. The molecule has 1 unspecified atom stereocenters. The number of carbonyl (C=O) groups is 3. The van der Waals surface area contributed by atoms with Crippen LogP contribution in [0.5, 0.6) is 5.75 Å². The normalized spacial score (nSPS) is 15.6. The Bertz CT molecular complexity index is 1230. The van der Waals surface area contributed by atoms with Gasteiger partial charge in [-0.25, -0.2) is 4.90 Å². The number of nitrogens with zero attached hydrogens (tertiary/aromatic N) is 2. The number of carbonyl (C=O) groups excluding carboxylic acids is 3. The minimum Gasteiger partial charge on any atom is -0.497 e. The van der Waals surface area contributed by atoms with Gasteiger partial charge in [0.1, 0.15) is 11.8 Å². The highest BCUT2D eigenvalue weighted by atomic mass is 16.5. The highest BCUT2D eigenvalue weighted by Gasteiger charge is 2.44. The number of hydrogen-bond donors (Lipinski definition) is 0. The van der Waals surface area contributed by atoms with Crippen LogP contribution < -0.4 is 9.64 Å². The highest BCUT2D eigenvalue weighted by molar-refractivity contribution is 6.23. The predicted octanol–water partition coefficient (Wildman–Crippen LogP) is 5.10. The molecule has 180 valence electrons. The fourth-order valence-electron chi connectivity index (χ4n) is 4.27. The lowest BCUT2D eigenvalue weighted by atomic mass is 10.0. The maximum Gasteiger partial charge on any atom is 0.257 e. The van der Waals surface area contributed by atoms with Crippen LogP contribution >= 0.6 is 0 Å². The summed E-state index contributed by atoms with van der Waals surface area (Å²) in [5.41, 5.74) is 4.03. The van der Waals surface area contributed by atoms with Gasteiger partial charge in [0.15, 0.2) is 0 Å². The van der Waals surface area contributed by atoms with E-state index in [0.29, 0.717) is 22.9 Å². The van der Waals surface area contributed by atoms with Crippen LogP contribution in [0.1, 0.15) is 53.2 Å². The van der Waals surface area contributed by atoms with E-state index in [1.165, 1.54) is 16.9 Å². The topological polar surface area (TPSA) is 66.9 Å². The molecule has 4 rings (SSSR count). The molecule has 35 heavy (non-hydrogen) atoms. The average molecular weight is 471 g/mol. The van der Waals surface area contributed by atoms with Crippen molar-refractivity contribution in [2.75, 3.05) is 12.0 Å². The largest absolute Gasteiger partial charge is 0.497 e. The molecule has 1 fully saturated rings. The molecule has 6 heteroatoms. The number of ether oxygens (including phenoxy) is 1.